The Morgan fingerprint density at radius 3 is 0.538 bits per heavy atom. The number of hydrogen-bond acceptors (Lipinski definition) is 0. The number of hydrogen-bond donors (Lipinski definition) is 0. The Labute approximate surface area is 128 Å². The van der Waals surface area contributed by atoms with Gasteiger partial charge >= 0.3 is 0 Å². The van der Waals surface area contributed by atoms with Gasteiger partial charge in [0, 0.05) is 51.4 Å². The van der Waals surface area contributed by atoms with E-state index in [1.807, 2.05) is 27.7 Å². The van der Waals surface area contributed by atoms with Gasteiger partial charge in [0.2, 0.25) is 0 Å². The number of rotatable bonds is 0. The Morgan fingerprint density at radius 2 is 0.538 bits per heavy atom. The van der Waals surface area contributed by atoms with Gasteiger partial charge in [-0.15, -0.1) is 26.3 Å². The van der Waals surface area contributed by atoms with E-state index in [1.54, 1.807) is 24.3 Å². The van der Waals surface area contributed by atoms with Crippen LogP contribution < -0.4 is 0 Å². The van der Waals surface area contributed by atoms with Crippen LogP contribution >= 0.6 is 0 Å². The topological polar surface area (TPSA) is 0 Å². The summed E-state index contributed by atoms with van der Waals surface area (Å²) in [5.74, 6) is 0. The Balaban J connectivity index is -0.0000000213. The fourth-order valence-electron chi connectivity index (χ4n) is 0. The molecule has 0 heterocycles. The van der Waals surface area contributed by atoms with Crippen molar-refractivity contribution in [2.75, 3.05) is 0 Å². The van der Waals surface area contributed by atoms with Crippen LogP contribution in [0.25, 0.3) is 0 Å². The molecule has 0 N–H and O–H groups in total. The van der Waals surface area contributed by atoms with Crippen LogP contribution in [0.4, 0.5) is 0 Å². The van der Waals surface area contributed by atoms with Gasteiger partial charge in [0.05, 0.1) is 0 Å². The Kier molecular flexibility index (Phi) is 180. The van der Waals surface area contributed by atoms with E-state index in [0.717, 1.165) is 0 Å². The van der Waals surface area contributed by atoms with Crippen LogP contribution in [0.2, 0.25) is 0 Å². The summed E-state index contributed by atoms with van der Waals surface area (Å²) < 4.78 is 0. The first-order chi connectivity index (χ1) is 5.66. The molecule has 0 bridgehead atoms. The van der Waals surface area contributed by atoms with Crippen LogP contribution in [-0.2, 0) is 0 Å². The largest absolute Gasteiger partial charge is 0.103 e. The Morgan fingerprint density at radius 1 is 0.538 bits per heavy atom. The summed E-state index contributed by atoms with van der Waals surface area (Å²) in [6.07, 6.45) is 7.00. The van der Waals surface area contributed by atoms with Gasteiger partial charge in [-0.3, -0.25) is 0 Å². The Bertz CT molecular complexity index is 59.1. The molecule has 13 heavy (non-hydrogen) atoms. The molecule has 0 spiro atoms. The summed E-state index contributed by atoms with van der Waals surface area (Å²) >= 11 is 0. The average Bonchev–Trinajstić information content (AvgIpc) is 1.92. The fraction of sp³-hybridized carbons (Fsp3) is 0.333. The van der Waals surface area contributed by atoms with Crippen molar-refractivity contribution in [1.82, 2.24) is 0 Å². The molecule has 0 nitrogen and oxygen atoms in total. The van der Waals surface area contributed by atoms with Crippen molar-refractivity contribution in [1.29, 1.82) is 0 Å². The third kappa shape index (κ3) is 3980. The molecule has 0 aromatic carbocycles. The zero-order valence-corrected chi connectivity index (χ0v) is 13.3. The van der Waals surface area contributed by atoms with E-state index in [-0.39, 0.29) is 51.4 Å². The van der Waals surface area contributed by atoms with Crippen LogP contribution in [0, 0.1) is 0 Å². The van der Waals surface area contributed by atoms with Gasteiger partial charge in [0.1, 0.15) is 0 Å². The van der Waals surface area contributed by atoms with Crippen LogP contribution in [0.3, 0.4) is 0 Å². The predicted molar refractivity (Wildman–Crippen MR) is 69.2 cm³/mol. The maximum atomic E-state index is 3.36. The normalized spacial score (nSPS) is 4.00. The molecule has 0 atom stereocenters. The van der Waals surface area contributed by atoms with Crippen molar-refractivity contribution in [2.45, 2.75) is 27.7 Å². The van der Waals surface area contributed by atoms with Gasteiger partial charge in [-0.05, 0) is 27.7 Å². The molecule has 1 radical (unpaired) electrons. The standard InChI is InChI=1S/4C3H6.K/c4*1-3-2;/h4*3H,1H2,2H3;. The summed E-state index contributed by atoms with van der Waals surface area (Å²) in [4.78, 5) is 0. The van der Waals surface area contributed by atoms with E-state index in [2.05, 4.69) is 26.3 Å². The summed E-state index contributed by atoms with van der Waals surface area (Å²) in [6, 6.07) is 0. The minimum atomic E-state index is 0. The first-order valence-electron chi connectivity index (χ1n) is 3.94. The van der Waals surface area contributed by atoms with E-state index in [0.29, 0.717) is 0 Å². The Hall–Kier alpha value is 0.596. The summed E-state index contributed by atoms with van der Waals surface area (Å²) in [7, 11) is 0. The van der Waals surface area contributed by atoms with Gasteiger partial charge in [0.25, 0.3) is 0 Å². The van der Waals surface area contributed by atoms with Gasteiger partial charge in [-0.1, -0.05) is 24.3 Å². The second-order valence-electron chi connectivity index (χ2n) is 1.63. The van der Waals surface area contributed by atoms with Crippen molar-refractivity contribution in [3.63, 3.8) is 0 Å². The molecule has 0 aliphatic carbocycles. The maximum absolute atomic E-state index is 3.36. The minimum Gasteiger partial charge on any atom is -0.103 e. The quantitative estimate of drug-likeness (QED) is 0.408. The second-order valence-corrected chi connectivity index (χ2v) is 1.63. The SMILES string of the molecule is C=CC.C=CC.C=CC.C=CC.[K]. The van der Waals surface area contributed by atoms with Gasteiger partial charge < -0.3 is 0 Å². The maximum Gasteiger partial charge on any atom is 0 e. The molecule has 0 amide bonds. The summed E-state index contributed by atoms with van der Waals surface area (Å²) in [6.45, 7) is 21.0. The molecule has 0 aromatic rings. The molecule has 0 rings (SSSR count). The summed E-state index contributed by atoms with van der Waals surface area (Å²) in [5.41, 5.74) is 0. The monoisotopic (exact) mass is 207 g/mol. The van der Waals surface area contributed by atoms with Gasteiger partial charge in [-0.2, -0.15) is 0 Å². The third-order valence-corrected chi connectivity index (χ3v) is 0. The van der Waals surface area contributed by atoms with Gasteiger partial charge in [0.15, 0.2) is 0 Å². The molecule has 0 aromatic heterocycles. The predicted octanol–water partition coefficient (Wildman–Crippen LogP) is 4.39. The molecular weight excluding hydrogens is 183 g/mol. The van der Waals surface area contributed by atoms with Crippen LogP contribution in [0.15, 0.2) is 50.6 Å². The van der Waals surface area contributed by atoms with Crippen molar-refractivity contribution in [3.05, 3.63) is 50.6 Å². The van der Waals surface area contributed by atoms with E-state index in [9.17, 15) is 0 Å². The van der Waals surface area contributed by atoms with Gasteiger partial charge in [-0.25, -0.2) is 0 Å². The fourth-order valence-corrected chi connectivity index (χ4v) is 0. The molecule has 0 saturated heterocycles. The zero-order chi connectivity index (χ0) is 10.8. The molecule has 0 saturated carbocycles. The molecule has 1 heteroatoms. The van der Waals surface area contributed by atoms with Crippen molar-refractivity contribution in [2.24, 2.45) is 0 Å². The first kappa shape index (κ1) is 29.2. The van der Waals surface area contributed by atoms with Crippen molar-refractivity contribution < 1.29 is 0 Å². The molecule has 0 aliphatic rings. The van der Waals surface area contributed by atoms with Crippen molar-refractivity contribution >= 4 is 51.4 Å². The molecule has 73 valence electrons. The molecule has 0 fully saturated rings. The van der Waals surface area contributed by atoms with E-state index in [4.69, 9.17) is 0 Å². The first-order valence-corrected chi connectivity index (χ1v) is 3.94. The smallest absolute Gasteiger partial charge is 0 e. The second kappa shape index (κ2) is 80.2. The van der Waals surface area contributed by atoms with Crippen LogP contribution in [-0.4, -0.2) is 51.4 Å². The minimum absolute atomic E-state index is 0. The van der Waals surface area contributed by atoms with Crippen LogP contribution in [0.5, 0.6) is 0 Å². The van der Waals surface area contributed by atoms with Crippen molar-refractivity contribution in [3.8, 4) is 0 Å². The average molecular weight is 207 g/mol. The van der Waals surface area contributed by atoms with E-state index < -0.39 is 0 Å². The summed E-state index contributed by atoms with van der Waals surface area (Å²) in [5, 5.41) is 0. The third-order valence-electron chi connectivity index (χ3n) is 0. The number of allylic oxidation sites excluding steroid dienone is 4. The molecule has 0 unspecified atom stereocenters. The zero-order valence-electron chi connectivity index (χ0n) is 10.1. The molecule has 0 aliphatic heterocycles. The van der Waals surface area contributed by atoms with E-state index >= 15 is 0 Å². The molecular formula is C12H24K. The van der Waals surface area contributed by atoms with Crippen LogP contribution in [0.1, 0.15) is 27.7 Å². The van der Waals surface area contributed by atoms with E-state index in [1.165, 1.54) is 0 Å².